The molecule has 0 aliphatic rings. The number of amides is 3. The van der Waals surface area contributed by atoms with Crippen molar-refractivity contribution in [1.82, 2.24) is 15.1 Å². The molecule has 122 valence electrons. The Morgan fingerprint density at radius 2 is 1.52 bits per heavy atom. The second-order valence-electron chi connectivity index (χ2n) is 5.80. The van der Waals surface area contributed by atoms with Gasteiger partial charge in [-0.15, -0.1) is 0 Å². The summed E-state index contributed by atoms with van der Waals surface area (Å²) < 4.78 is 4.63. The van der Waals surface area contributed by atoms with Crippen LogP contribution in [0.4, 0.5) is 9.59 Å². The van der Waals surface area contributed by atoms with E-state index in [1.807, 2.05) is 27.7 Å². The molecule has 0 aliphatic carbocycles. The predicted octanol–water partition coefficient (Wildman–Crippen LogP) is 1.99. The molecule has 3 amide bonds. The average Bonchev–Trinajstić information content (AvgIpc) is 2.39. The zero-order valence-corrected chi connectivity index (χ0v) is 14.3. The second-order valence-corrected chi connectivity index (χ2v) is 5.80. The largest absolute Gasteiger partial charge is 0.452 e. The maximum atomic E-state index is 12.1. The molecule has 0 heterocycles. The number of nitrogens with one attached hydrogen (secondary N) is 1. The van der Waals surface area contributed by atoms with Gasteiger partial charge in [-0.3, -0.25) is 4.90 Å². The van der Waals surface area contributed by atoms with Crippen LogP contribution in [0.2, 0.25) is 0 Å². The molecule has 0 saturated heterocycles. The minimum absolute atomic E-state index is 0.0214. The van der Waals surface area contributed by atoms with Crippen LogP contribution in [-0.2, 0) is 4.74 Å². The maximum Gasteiger partial charge on any atom is 0.416 e. The summed E-state index contributed by atoms with van der Waals surface area (Å²) >= 11 is 0. The number of aliphatic imine (C=N–C) groups is 1. The van der Waals surface area contributed by atoms with E-state index in [1.54, 1.807) is 19.0 Å². The lowest BCUT2D eigenvalue weighted by atomic mass is 9.93. The predicted molar refractivity (Wildman–Crippen MR) is 83.3 cm³/mol. The normalized spacial score (nSPS) is 11.9. The van der Waals surface area contributed by atoms with Crippen LogP contribution in [0.1, 0.15) is 27.7 Å². The maximum absolute atomic E-state index is 12.1. The van der Waals surface area contributed by atoms with Gasteiger partial charge < -0.3 is 15.0 Å². The molecule has 21 heavy (non-hydrogen) atoms. The zero-order valence-electron chi connectivity index (χ0n) is 14.3. The van der Waals surface area contributed by atoms with E-state index in [9.17, 15) is 9.59 Å². The van der Waals surface area contributed by atoms with Crippen LogP contribution in [0.3, 0.4) is 0 Å². The van der Waals surface area contributed by atoms with Crippen LogP contribution < -0.4 is 5.32 Å². The van der Waals surface area contributed by atoms with Crippen molar-refractivity contribution in [3.63, 3.8) is 0 Å². The van der Waals surface area contributed by atoms with E-state index in [0.29, 0.717) is 11.8 Å². The van der Waals surface area contributed by atoms with Crippen LogP contribution in [0.5, 0.6) is 0 Å². The first-order valence-electron chi connectivity index (χ1n) is 7.00. The van der Waals surface area contributed by atoms with Crippen molar-refractivity contribution in [3.05, 3.63) is 0 Å². The number of guanidine groups is 1. The van der Waals surface area contributed by atoms with Gasteiger partial charge in [-0.2, -0.15) is 4.99 Å². The molecule has 7 heteroatoms. The molecule has 0 spiro atoms. The van der Waals surface area contributed by atoms with Gasteiger partial charge >= 0.3 is 12.1 Å². The van der Waals surface area contributed by atoms with E-state index < -0.39 is 12.1 Å². The summed E-state index contributed by atoms with van der Waals surface area (Å²) in [4.78, 5) is 30.4. The van der Waals surface area contributed by atoms with Gasteiger partial charge in [0.1, 0.15) is 0 Å². The average molecular weight is 300 g/mol. The number of nitrogens with zero attached hydrogens (tertiary/aromatic N) is 3. The molecule has 0 atom stereocenters. The van der Waals surface area contributed by atoms with E-state index in [0.717, 1.165) is 0 Å². The molecule has 0 aliphatic heterocycles. The van der Waals surface area contributed by atoms with Crippen molar-refractivity contribution in [2.75, 3.05) is 28.3 Å². The summed E-state index contributed by atoms with van der Waals surface area (Å²) in [5.74, 6) is 0.807. The Balaban J connectivity index is 5.13. The highest BCUT2D eigenvalue weighted by molar-refractivity contribution is 5.99. The number of hydrogen-bond donors (Lipinski definition) is 1. The molecule has 0 saturated carbocycles. The van der Waals surface area contributed by atoms with Crippen molar-refractivity contribution in [2.24, 2.45) is 16.8 Å². The molecular weight excluding hydrogens is 272 g/mol. The van der Waals surface area contributed by atoms with Crippen molar-refractivity contribution in [1.29, 1.82) is 0 Å². The molecule has 0 fully saturated rings. The molecule has 1 N–H and O–H groups in total. The number of rotatable bonds is 3. The molecule has 0 aromatic rings. The third-order valence-corrected chi connectivity index (χ3v) is 3.08. The highest BCUT2D eigenvalue weighted by Crippen LogP contribution is 2.12. The summed E-state index contributed by atoms with van der Waals surface area (Å²) in [6, 6.07) is -0.449. The molecule has 0 aromatic carbocycles. The Kier molecular flexibility index (Phi) is 7.76. The van der Waals surface area contributed by atoms with Crippen molar-refractivity contribution in [2.45, 2.75) is 33.7 Å². The second kappa shape index (κ2) is 8.49. The molecule has 0 unspecified atom stereocenters. The fourth-order valence-electron chi connectivity index (χ4n) is 2.06. The van der Waals surface area contributed by atoms with Gasteiger partial charge in [0.25, 0.3) is 0 Å². The lowest BCUT2D eigenvalue weighted by Crippen LogP contribution is -2.45. The van der Waals surface area contributed by atoms with E-state index in [-0.39, 0.29) is 12.0 Å². The van der Waals surface area contributed by atoms with Crippen LogP contribution in [0, 0.1) is 11.8 Å². The number of hydrogen-bond acceptors (Lipinski definition) is 3. The fourth-order valence-corrected chi connectivity index (χ4v) is 2.06. The minimum Gasteiger partial charge on any atom is -0.452 e. The van der Waals surface area contributed by atoms with Crippen LogP contribution in [0.25, 0.3) is 0 Å². The summed E-state index contributed by atoms with van der Waals surface area (Å²) in [6.45, 7) is 8.17. The Hall–Kier alpha value is -1.79. The number of carbonyl (C=O) groups excluding carboxylic acids is 2. The number of carbonyl (C=O) groups is 2. The van der Waals surface area contributed by atoms with Gasteiger partial charge in [0.2, 0.25) is 5.96 Å². The monoisotopic (exact) mass is 300 g/mol. The quantitative estimate of drug-likeness (QED) is 0.639. The summed E-state index contributed by atoms with van der Waals surface area (Å²) in [7, 11) is 6.18. The van der Waals surface area contributed by atoms with Gasteiger partial charge in [0.15, 0.2) is 0 Å². The standard InChI is InChI=1S/C14H28N4O3/c1-9(2)11(10(3)4)15-12(19)16-13(17(5)6)18(7)14(20)21-8/h9-11H,1-8H3,(H,15,19)/b16-13+. The van der Waals surface area contributed by atoms with Crippen LogP contribution in [0.15, 0.2) is 4.99 Å². The first-order valence-corrected chi connectivity index (χ1v) is 7.00. The Morgan fingerprint density at radius 1 is 1.05 bits per heavy atom. The molecule has 0 aromatic heterocycles. The smallest absolute Gasteiger partial charge is 0.416 e. The molecule has 0 bridgehead atoms. The van der Waals surface area contributed by atoms with Crippen molar-refractivity contribution < 1.29 is 14.3 Å². The highest BCUT2D eigenvalue weighted by Gasteiger charge is 2.22. The lowest BCUT2D eigenvalue weighted by molar-refractivity contribution is 0.149. The Bertz CT molecular complexity index is 384. The number of methoxy groups -OCH3 is 1. The Morgan fingerprint density at radius 3 is 1.86 bits per heavy atom. The number of urea groups is 1. The van der Waals surface area contributed by atoms with Gasteiger partial charge in [0, 0.05) is 27.2 Å². The fraction of sp³-hybridized carbons (Fsp3) is 0.786. The van der Waals surface area contributed by atoms with Crippen LogP contribution >= 0.6 is 0 Å². The zero-order chi connectivity index (χ0) is 16.7. The Labute approximate surface area is 127 Å². The minimum atomic E-state index is -0.584. The number of ether oxygens (including phenoxy) is 1. The van der Waals surface area contributed by atoms with Crippen LogP contribution in [-0.4, -0.2) is 62.2 Å². The third-order valence-electron chi connectivity index (χ3n) is 3.08. The first-order chi connectivity index (χ1) is 9.61. The SMILES string of the molecule is COC(=O)N(C)/C(=N/C(=O)NC(C(C)C)C(C)C)N(C)C. The van der Waals surface area contributed by atoms with E-state index >= 15 is 0 Å². The third kappa shape index (κ3) is 6.01. The van der Waals surface area contributed by atoms with E-state index in [1.165, 1.54) is 19.1 Å². The van der Waals surface area contributed by atoms with Crippen molar-refractivity contribution >= 4 is 18.1 Å². The molecular formula is C14H28N4O3. The summed E-state index contributed by atoms with van der Waals surface area (Å²) in [5.41, 5.74) is 0. The topological polar surface area (TPSA) is 74.2 Å². The van der Waals surface area contributed by atoms with Gasteiger partial charge in [-0.1, -0.05) is 27.7 Å². The van der Waals surface area contributed by atoms with Crippen molar-refractivity contribution in [3.8, 4) is 0 Å². The molecule has 0 rings (SSSR count). The first kappa shape index (κ1) is 19.2. The highest BCUT2D eigenvalue weighted by atomic mass is 16.5. The van der Waals surface area contributed by atoms with Gasteiger partial charge in [0.05, 0.1) is 7.11 Å². The van der Waals surface area contributed by atoms with E-state index in [2.05, 4.69) is 15.0 Å². The van der Waals surface area contributed by atoms with Gasteiger partial charge in [-0.05, 0) is 11.8 Å². The summed E-state index contributed by atoms with van der Waals surface area (Å²) in [5, 5.41) is 2.88. The summed E-state index contributed by atoms with van der Waals surface area (Å²) in [6.07, 6.45) is -0.584. The van der Waals surface area contributed by atoms with E-state index in [4.69, 9.17) is 0 Å². The molecule has 0 radical (unpaired) electrons. The van der Waals surface area contributed by atoms with Gasteiger partial charge in [-0.25, -0.2) is 9.59 Å². The lowest BCUT2D eigenvalue weighted by Gasteiger charge is -2.26. The molecule has 7 nitrogen and oxygen atoms in total.